The molecular formula is C22H24ClN3O5. The lowest BCUT2D eigenvalue weighted by atomic mass is 9.94. The number of fused-ring (bicyclic) bond motifs is 2. The van der Waals surface area contributed by atoms with Crippen LogP contribution in [0.5, 0.6) is 0 Å². The number of primary amides is 1. The van der Waals surface area contributed by atoms with E-state index in [1.165, 1.54) is 4.90 Å². The van der Waals surface area contributed by atoms with Crippen molar-refractivity contribution in [2.45, 2.75) is 55.7 Å². The Labute approximate surface area is 184 Å². The van der Waals surface area contributed by atoms with E-state index < -0.39 is 29.5 Å². The fraction of sp³-hybridized carbons (Fsp3) is 0.545. The van der Waals surface area contributed by atoms with E-state index in [1.54, 1.807) is 23.1 Å². The summed E-state index contributed by atoms with van der Waals surface area (Å²) in [6, 6.07) is 3.51. The van der Waals surface area contributed by atoms with Crippen molar-refractivity contribution >= 4 is 40.8 Å². The first-order valence-electron chi connectivity index (χ1n) is 10.7. The van der Waals surface area contributed by atoms with Gasteiger partial charge < -0.3 is 15.4 Å². The van der Waals surface area contributed by atoms with Crippen LogP contribution < -0.4 is 10.6 Å². The number of halogens is 1. The number of hydrogen-bond donors (Lipinski definition) is 1. The van der Waals surface area contributed by atoms with E-state index in [9.17, 15) is 19.2 Å². The van der Waals surface area contributed by atoms with Gasteiger partial charge in [-0.05, 0) is 42.5 Å². The Morgan fingerprint density at radius 2 is 1.94 bits per heavy atom. The van der Waals surface area contributed by atoms with E-state index in [2.05, 4.69) is 0 Å². The molecule has 2 N–H and O–H groups in total. The summed E-state index contributed by atoms with van der Waals surface area (Å²) in [5, 5.41) is -0.454. The molecule has 4 aliphatic rings. The second kappa shape index (κ2) is 7.60. The first-order chi connectivity index (χ1) is 14.9. The van der Waals surface area contributed by atoms with Crippen LogP contribution in [-0.4, -0.2) is 65.1 Å². The lowest BCUT2D eigenvalue weighted by molar-refractivity contribution is -0.139. The summed E-state index contributed by atoms with van der Waals surface area (Å²) in [6.45, 7) is 0.179. The van der Waals surface area contributed by atoms with Crippen molar-refractivity contribution in [1.82, 2.24) is 4.90 Å². The summed E-state index contributed by atoms with van der Waals surface area (Å²) in [5.74, 6) is -1.14. The molecule has 0 radical (unpaired) electrons. The zero-order valence-corrected chi connectivity index (χ0v) is 17.7. The van der Waals surface area contributed by atoms with E-state index in [0.717, 1.165) is 25.7 Å². The molecule has 1 aromatic rings. The van der Waals surface area contributed by atoms with Crippen LogP contribution in [0.4, 0.5) is 5.69 Å². The van der Waals surface area contributed by atoms with E-state index in [0.29, 0.717) is 16.8 Å². The smallest absolute Gasteiger partial charge is 0.248 e. The minimum atomic E-state index is -0.702. The maximum absolute atomic E-state index is 13.9. The van der Waals surface area contributed by atoms with Crippen molar-refractivity contribution in [2.24, 2.45) is 11.7 Å². The Morgan fingerprint density at radius 1 is 1.19 bits per heavy atom. The highest BCUT2D eigenvalue weighted by Gasteiger charge is 2.54. The number of carbonyl (C=O) groups is 4. The van der Waals surface area contributed by atoms with Gasteiger partial charge in [-0.3, -0.25) is 24.1 Å². The third kappa shape index (κ3) is 3.24. The van der Waals surface area contributed by atoms with Gasteiger partial charge >= 0.3 is 0 Å². The zero-order valence-electron chi connectivity index (χ0n) is 17.0. The molecule has 0 unspecified atom stereocenters. The molecule has 164 valence electrons. The van der Waals surface area contributed by atoms with Crippen molar-refractivity contribution in [2.75, 3.05) is 18.1 Å². The van der Waals surface area contributed by atoms with Gasteiger partial charge in [0.2, 0.25) is 17.7 Å². The van der Waals surface area contributed by atoms with Crippen LogP contribution in [-0.2, 0) is 25.5 Å². The number of hydrogen-bond acceptors (Lipinski definition) is 5. The molecule has 4 atom stereocenters. The maximum atomic E-state index is 13.9. The fourth-order valence-corrected chi connectivity index (χ4v) is 5.95. The van der Waals surface area contributed by atoms with Crippen LogP contribution >= 0.6 is 11.6 Å². The maximum Gasteiger partial charge on any atom is 0.248 e. The van der Waals surface area contributed by atoms with E-state index in [1.807, 2.05) is 0 Å². The Kier molecular flexibility index (Phi) is 5.01. The van der Waals surface area contributed by atoms with Gasteiger partial charge in [0.25, 0.3) is 0 Å². The first-order valence-corrected chi connectivity index (χ1v) is 11.1. The van der Waals surface area contributed by atoms with Gasteiger partial charge in [-0.25, -0.2) is 0 Å². The van der Waals surface area contributed by atoms with Gasteiger partial charge in [-0.15, -0.1) is 11.6 Å². The Bertz CT molecular complexity index is 976. The average molecular weight is 446 g/mol. The molecule has 0 bridgehead atoms. The number of anilines is 1. The average Bonchev–Trinajstić information content (AvgIpc) is 3.50. The van der Waals surface area contributed by atoms with Crippen molar-refractivity contribution in [3.05, 3.63) is 29.3 Å². The normalized spacial score (nSPS) is 28.9. The number of likely N-dealkylation sites (tertiary alicyclic amines) is 1. The van der Waals surface area contributed by atoms with Crippen molar-refractivity contribution in [1.29, 1.82) is 0 Å². The number of benzene rings is 1. The highest BCUT2D eigenvalue weighted by Crippen LogP contribution is 2.40. The molecule has 5 rings (SSSR count). The summed E-state index contributed by atoms with van der Waals surface area (Å²) in [6.07, 6.45) is 3.28. The molecule has 3 amide bonds. The summed E-state index contributed by atoms with van der Waals surface area (Å²) in [4.78, 5) is 54.1. The molecular weight excluding hydrogens is 422 g/mol. The molecule has 31 heavy (non-hydrogen) atoms. The predicted molar refractivity (Wildman–Crippen MR) is 112 cm³/mol. The third-order valence-electron chi connectivity index (χ3n) is 7.02. The van der Waals surface area contributed by atoms with Crippen LogP contribution in [0.25, 0.3) is 0 Å². The lowest BCUT2D eigenvalue weighted by Gasteiger charge is -2.36. The number of amides is 3. The number of ketones is 1. The highest BCUT2D eigenvalue weighted by atomic mass is 35.5. The SMILES string of the molecule is NC(=O)c1ccc2c(c1)CC(=O)N2[C@H](C(=O)N1C[C@H](Cl)[C@H]2OCC(=O)[C@H]21)C1CCCC1. The standard InChI is InChI=1S/C22H24ClN3O5/c23-14-9-25(19-16(27)10-31-20(14)19)22(30)18(11-3-1-2-4-11)26-15-6-5-12(21(24)29)7-13(15)8-17(26)28/h5-7,11,14,18-20H,1-4,8-10H2,(H2,24,29)/t14-,18-,19+,20+/m0/s1. The molecule has 8 nitrogen and oxygen atoms in total. The van der Waals surface area contributed by atoms with Crippen molar-refractivity contribution in [3.63, 3.8) is 0 Å². The molecule has 0 aromatic heterocycles. The molecule has 3 fully saturated rings. The quantitative estimate of drug-likeness (QED) is 0.696. The molecule has 3 aliphatic heterocycles. The van der Waals surface area contributed by atoms with Crippen LogP contribution in [0.2, 0.25) is 0 Å². The van der Waals surface area contributed by atoms with Gasteiger partial charge in [0, 0.05) is 17.8 Å². The number of rotatable bonds is 4. The Morgan fingerprint density at radius 3 is 2.65 bits per heavy atom. The molecule has 1 saturated carbocycles. The second-order valence-electron chi connectivity index (χ2n) is 8.83. The van der Waals surface area contributed by atoms with Gasteiger partial charge in [0.15, 0.2) is 5.78 Å². The third-order valence-corrected chi connectivity index (χ3v) is 7.40. The lowest BCUT2D eigenvalue weighted by Crippen LogP contribution is -2.56. The summed E-state index contributed by atoms with van der Waals surface area (Å²) in [5.41, 5.74) is 7.04. The first kappa shape index (κ1) is 20.5. The molecule has 3 heterocycles. The number of ether oxygens (including phenoxy) is 1. The van der Waals surface area contributed by atoms with Crippen LogP contribution in [0.3, 0.4) is 0 Å². The van der Waals surface area contributed by atoms with Crippen LogP contribution in [0, 0.1) is 5.92 Å². The molecule has 0 spiro atoms. The zero-order chi connectivity index (χ0) is 21.9. The van der Waals surface area contributed by atoms with Crippen molar-refractivity contribution in [3.8, 4) is 0 Å². The number of carbonyl (C=O) groups excluding carboxylic acids is 4. The topological polar surface area (TPSA) is 110 Å². The fourth-order valence-electron chi connectivity index (χ4n) is 5.59. The number of nitrogens with zero attached hydrogens (tertiary/aromatic N) is 2. The molecule has 1 aromatic carbocycles. The summed E-state index contributed by atoms with van der Waals surface area (Å²) in [7, 11) is 0. The van der Waals surface area contributed by atoms with Crippen molar-refractivity contribution < 1.29 is 23.9 Å². The Balaban J connectivity index is 1.52. The number of Topliss-reactive ketones (excluding diaryl/α,β-unsaturated/α-hetero) is 1. The summed E-state index contributed by atoms with van der Waals surface area (Å²) < 4.78 is 5.53. The van der Waals surface area contributed by atoms with Crippen LogP contribution in [0.15, 0.2) is 18.2 Å². The minimum Gasteiger partial charge on any atom is -0.366 e. The van der Waals surface area contributed by atoms with Gasteiger partial charge in [-0.2, -0.15) is 0 Å². The minimum absolute atomic E-state index is 0.00321. The highest BCUT2D eigenvalue weighted by molar-refractivity contribution is 6.22. The van der Waals surface area contributed by atoms with Gasteiger partial charge in [0.1, 0.15) is 24.8 Å². The Hall–Kier alpha value is -2.45. The predicted octanol–water partition coefficient (Wildman–Crippen LogP) is 1.02. The van der Waals surface area contributed by atoms with E-state index in [-0.39, 0.29) is 43.1 Å². The van der Waals surface area contributed by atoms with Crippen LogP contribution in [0.1, 0.15) is 41.6 Å². The number of nitrogens with two attached hydrogens (primary N) is 1. The summed E-state index contributed by atoms with van der Waals surface area (Å²) >= 11 is 6.40. The van der Waals surface area contributed by atoms with E-state index >= 15 is 0 Å². The number of alkyl halides is 1. The molecule has 9 heteroatoms. The molecule has 1 aliphatic carbocycles. The van der Waals surface area contributed by atoms with E-state index in [4.69, 9.17) is 22.1 Å². The van der Waals surface area contributed by atoms with Gasteiger partial charge in [0.05, 0.1) is 11.8 Å². The van der Waals surface area contributed by atoms with Gasteiger partial charge in [-0.1, -0.05) is 12.8 Å². The largest absolute Gasteiger partial charge is 0.366 e. The second-order valence-corrected chi connectivity index (χ2v) is 9.39. The monoisotopic (exact) mass is 445 g/mol. The molecule has 2 saturated heterocycles.